The molecule has 1 aliphatic heterocycles. The van der Waals surface area contributed by atoms with E-state index >= 15 is 0 Å². The Hall–Kier alpha value is -3.07. The van der Waals surface area contributed by atoms with Gasteiger partial charge in [0.2, 0.25) is 0 Å². The number of urea groups is 1. The highest BCUT2D eigenvalue weighted by atomic mass is 19.4. The van der Waals surface area contributed by atoms with E-state index in [9.17, 15) is 18.0 Å². The summed E-state index contributed by atoms with van der Waals surface area (Å²) in [6, 6.07) is 12.4. The Kier molecular flexibility index (Phi) is 5.38. The van der Waals surface area contributed by atoms with Gasteiger partial charge in [-0.2, -0.15) is 13.2 Å². The van der Waals surface area contributed by atoms with Crippen molar-refractivity contribution >= 4 is 22.8 Å². The third kappa shape index (κ3) is 4.11. The molecule has 9 heteroatoms. The number of carbonyl (C=O) groups excluding carboxylic acids is 1. The minimum atomic E-state index is -4.52. The second-order valence-corrected chi connectivity index (χ2v) is 7.31. The third-order valence-electron chi connectivity index (χ3n) is 5.38. The second-order valence-electron chi connectivity index (χ2n) is 7.31. The maximum absolute atomic E-state index is 13.1. The molecule has 0 spiro atoms. The molecule has 1 aliphatic rings. The molecule has 0 radical (unpaired) electrons. The van der Waals surface area contributed by atoms with E-state index < -0.39 is 17.8 Å². The summed E-state index contributed by atoms with van der Waals surface area (Å²) < 4.78 is 41.4. The number of anilines is 1. The van der Waals surface area contributed by atoms with Gasteiger partial charge in [-0.05, 0) is 24.3 Å². The fraction of sp³-hybridized carbons (Fsp3) is 0.333. The van der Waals surface area contributed by atoms with Gasteiger partial charge in [-0.15, -0.1) is 0 Å². The van der Waals surface area contributed by atoms with Crippen LogP contribution in [0.25, 0.3) is 11.0 Å². The van der Waals surface area contributed by atoms with E-state index in [2.05, 4.69) is 19.8 Å². The second kappa shape index (κ2) is 7.98. The maximum Gasteiger partial charge on any atom is 0.418 e. The van der Waals surface area contributed by atoms with Crippen molar-refractivity contribution in [1.29, 1.82) is 0 Å². The lowest BCUT2D eigenvalue weighted by Crippen LogP contribution is -2.49. The number of nitrogens with zero attached hydrogens (tertiary/aromatic N) is 4. The third-order valence-corrected chi connectivity index (χ3v) is 5.38. The lowest BCUT2D eigenvalue weighted by Gasteiger charge is -2.34. The van der Waals surface area contributed by atoms with Crippen molar-refractivity contribution in [3.8, 4) is 0 Å². The van der Waals surface area contributed by atoms with Crippen molar-refractivity contribution in [3.05, 3.63) is 59.9 Å². The number of benzene rings is 2. The van der Waals surface area contributed by atoms with Crippen molar-refractivity contribution in [1.82, 2.24) is 19.4 Å². The highest BCUT2D eigenvalue weighted by molar-refractivity contribution is 5.90. The van der Waals surface area contributed by atoms with Crippen LogP contribution < -0.4 is 5.32 Å². The van der Waals surface area contributed by atoms with Crippen molar-refractivity contribution < 1.29 is 18.0 Å². The Balaban J connectivity index is 1.37. The molecule has 2 heterocycles. The highest BCUT2D eigenvalue weighted by Gasteiger charge is 2.34. The molecule has 6 nitrogen and oxygen atoms in total. The van der Waals surface area contributed by atoms with E-state index in [1.807, 2.05) is 31.3 Å². The average molecular weight is 417 g/mol. The number of para-hydroxylation sites is 3. The molecule has 2 aromatic carbocycles. The van der Waals surface area contributed by atoms with E-state index in [1.54, 1.807) is 4.90 Å². The molecule has 158 valence electrons. The first kappa shape index (κ1) is 20.2. The minimum Gasteiger partial charge on any atom is -0.330 e. The van der Waals surface area contributed by atoms with Crippen LogP contribution >= 0.6 is 0 Å². The number of aryl methyl sites for hydroxylation is 1. The lowest BCUT2D eigenvalue weighted by atomic mass is 10.1. The number of aromatic nitrogens is 2. The fourth-order valence-corrected chi connectivity index (χ4v) is 3.68. The van der Waals surface area contributed by atoms with Crippen molar-refractivity contribution in [2.24, 2.45) is 7.05 Å². The summed E-state index contributed by atoms with van der Waals surface area (Å²) in [6.45, 7) is 2.76. The van der Waals surface area contributed by atoms with Crippen LogP contribution in [0.15, 0.2) is 48.5 Å². The SMILES string of the molecule is Cn1c(CN2CCN(C(=O)Nc3ccccc3C(F)(F)F)CC2)nc2ccccc21. The standard InChI is InChI=1S/C21H22F3N5O/c1-27-18-9-5-4-8-17(18)25-19(27)14-28-10-12-29(13-11-28)20(30)26-16-7-3-2-6-15(16)21(22,23)24/h2-9H,10-14H2,1H3,(H,26,30). The van der Waals surface area contributed by atoms with Gasteiger partial charge in [0.15, 0.2) is 0 Å². The molecule has 0 atom stereocenters. The van der Waals surface area contributed by atoms with Gasteiger partial charge in [0.05, 0.1) is 28.8 Å². The zero-order valence-electron chi connectivity index (χ0n) is 16.5. The Morgan fingerprint density at radius 3 is 2.40 bits per heavy atom. The van der Waals surface area contributed by atoms with Crippen LogP contribution in [0, 0.1) is 0 Å². The summed E-state index contributed by atoms with van der Waals surface area (Å²) in [5.41, 5.74) is 0.932. The van der Waals surface area contributed by atoms with Crippen LogP contribution in [0.2, 0.25) is 0 Å². The molecular weight excluding hydrogens is 395 g/mol. The zero-order valence-corrected chi connectivity index (χ0v) is 16.5. The van der Waals surface area contributed by atoms with Crippen molar-refractivity contribution in [3.63, 3.8) is 0 Å². The molecule has 30 heavy (non-hydrogen) atoms. The molecule has 0 bridgehead atoms. The molecule has 3 aromatic rings. The van der Waals surface area contributed by atoms with Gasteiger partial charge in [-0.3, -0.25) is 4.90 Å². The van der Waals surface area contributed by atoms with Crippen LogP contribution in [0.4, 0.5) is 23.7 Å². The first-order valence-electron chi connectivity index (χ1n) is 9.68. The Labute approximate surface area is 171 Å². The number of imidazole rings is 1. The van der Waals surface area contributed by atoms with Crippen LogP contribution in [-0.4, -0.2) is 51.6 Å². The Bertz CT molecular complexity index is 1050. The predicted octanol–water partition coefficient (Wildman–Crippen LogP) is 3.94. The fourth-order valence-electron chi connectivity index (χ4n) is 3.68. The van der Waals surface area contributed by atoms with E-state index in [0.717, 1.165) is 22.9 Å². The molecule has 0 saturated carbocycles. The smallest absolute Gasteiger partial charge is 0.330 e. The van der Waals surface area contributed by atoms with Gasteiger partial charge >= 0.3 is 12.2 Å². The molecule has 1 N–H and O–H groups in total. The van der Waals surface area contributed by atoms with Gasteiger partial charge in [0.25, 0.3) is 0 Å². The zero-order chi connectivity index (χ0) is 21.3. The summed E-state index contributed by atoms with van der Waals surface area (Å²) in [7, 11) is 1.98. The summed E-state index contributed by atoms with van der Waals surface area (Å²) >= 11 is 0. The molecule has 0 aliphatic carbocycles. The largest absolute Gasteiger partial charge is 0.418 e. The van der Waals surface area contributed by atoms with Gasteiger partial charge in [0.1, 0.15) is 5.82 Å². The minimum absolute atomic E-state index is 0.225. The first-order chi connectivity index (χ1) is 14.3. The number of rotatable bonds is 3. The number of fused-ring (bicyclic) bond motifs is 1. The normalized spacial score (nSPS) is 15.5. The Morgan fingerprint density at radius 1 is 1.03 bits per heavy atom. The molecule has 1 fully saturated rings. The number of nitrogens with one attached hydrogen (secondary N) is 1. The number of hydrogen-bond acceptors (Lipinski definition) is 3. The molecule has 4 rings (SSSR count). The molecule has 0 unspecified atom stereocenters. The van der Waals surface area contributed by atoms with Gasteiger partial charge in [-0.25, -0.2) is 9.78 Å². The number of carbonyl (C=O) groups is 1. The van der Waals surface area contributed by atoms with Crippen molar-refractivity contribution in [2.45, 2.75) is 12.7 Å². The summed E-state index contributed by atoms with van der Waals surface area (Å²) in [5, 5.41) is 2.41. The number of halogens is 3. The quantitative estimate of drug-likeness (QED) is 0.702. The van der Waals surface area contributed by atoms with Gasteiger partial charge in [0, 0.05) is 33.2 Å². The van der Waals surface area contributed by atoms with Crippen LogP contribution in [-0.2, 0) is 19.8 Å². The Morgan fingerprint density at radius 2 is 1.70 bits per heavy atom. The number of piperazine rings is 1. The van der Waals surface area contributed by atoms with Gasteiger partial charge in [-0.1, -0.05) is 24.3 Å². The number of hydrogen-bond donors (Lipinski definition) is 1. The molecule has 1 aromatic heterocycles. The van der Waals surface area contributed by atoms with Crippen LogP contribution in [0.5, 0.6) is 0 Å². The molecular formula is C21H22F3N5O. The van der Waals surface area contributed by atoms with Gasteiger partial charge < -0.3 is 14.8 Å². The van der Waals surface area contributed by atoms with E-state index in [0.29, 0.717) is 32.7 Å². The predicted molar refractivity (Wildman–Crippen MR) is 108 cm³/mol. The lowest BCUT2D eigenvalue weighted by molar-refractivity contribution is -0.136. The average Bonchev–Trinajstić information content (AvgIpc) is 3.04. The summed E-state index contributed by atoms with van der Waals surface area (Å²) in [4.78, 5) is 20.9. The van der Waals surface area contributed by atoms with Crippen molar-refractivity contribution in [2.75, 3.05) is 31.5 Å². The molecule has 2 amide bonds. The number of amides is 2. The summed E-state index contributed by atoms with van der Waals surface area (Å²) in [6.07, 6.45) is -4.52. The number of alkyl halides is 3. The molecule has 1 saturated heterocycles. The highest BCUT2D eigenvalue weighted by Crippen LogP contribution is 2.34. The topological polar surface area (TPSA) is 53.4 Å². The van der Waals surface area contributed by atoms with E-state index in [1.165, 1.54) is 18.2 Å². The van der Waals surface area contributed by atoms with E-state index in [-0.39, 0.29) is 5.69 Å². The van der Waals surface area contributed by atoms with Crippen LogP contribution in [0.3, 0.4) is 0 Å². The first-order valence-corrected chi connectivity index (χ1v) is 9.68. The van der Waals surface area contributed by atoms with Crippen LogP contribution in [0.1, 0.15) is 11.4 Å². The maximum atomic E-state index is 13.1. The monoisotopic (exact) mass is 417 g/mol. The summed E-state index contributed by atoms with van der Waals surface area (Å²) in [5.74, 6) is 0.938. The van der Waals surface area contributed by atoms with E-state index in [4.69, 9.17) is 0 Å².